The number of nitrogens with zero attached hydrogens (tertiary/aromatic N) is 1. The highest BCUT2D eigenvalue weighted by atomic mass is 35.5. The molecule has 1 heterocycles. The highest BCUT2D eigenvalue weighted by Crippen LogP contribution is 2.33. The van der Waals surface area contributed by atoms with Crippen LogP contribution < -0.4 is 5.32 Å². The first-order valence-corrected chi connectivity index (χ1v) is 9.40. The minimum atomic E-state index is 0.560. The number of thiazole rings is 1. The average molecular weight is 418 g/mol. The molecule has 3 aromatic rings. The number of halogens is 4. The molecule has 0 amide bonds. The zero-order chi connectivity index (χ0) is 17.1. The number of aromatic nitrogens is 1. The first kappa shape index (κ1) is 18.0. The standard InChI is InChI=1S/C17H12Cl4N2S/c18-11-2-3-12(14(20)6-11)16-8-23-17(24-16)9-22-7-10-1-4-13(19)15(21)5-10/h1-6,8,22H,7,9H2. The molecule has 0 aliphatic rings. The van der Waals surface area contributed by atoms with Crippen LogP contribution in [0.15, 0.2) is 42.6 Å². The maximum Gasteiger partial charge on any atom is 0.107 e. The first-order chi connectivity index (χ1) is 11.5. The molecule has 0 aliphatic carbocycles. The van der Waals surface area contributed by atoms with Crippen LogP contribution in [0.1, 0.15) is 10.6 Å². The third-order valence-corrected chi connectivity index (χ3v) is 5.66. The molecule has 2 nitrogen and oxygen atoms in total. The molecular formula is C17H12Cl4N2S. The number of hydrogen-bond donors (Lipinski definition) is 1. The van der Waals surface area contributed by atoms with Crippen molar-refractivity contribution in [1.29, 1.82) is 0 Å². The molecule has 7 heteroatoms. The van der Waals surface area contributed by atoms with E-state index in [1.54, 1.807) is 23.5 Å². The Morgan fingerprint density at radius 1 is 0.875 bits per heavy atom. The zero-order valence-electron chi connectivity index (χ0n) is 12.3. The number of hydrogen-bond acceptors (Lipinski definition) is 3. The number of nitrogens with one attached hydrogen (secondary N) is 1. The van der Waals surface area contributed by atoms with E-state index in [2.05, 4.69) is 10.3 Å². The fourth-order valence-corrected chi connectivity index (χ4v) is 3.98. The summed E-state index contributed by atoms with van der Waals surface area (Å²) in [5.41, 5.74) is 2.01. The molecule has 24 heavy (non-hydrogen) atoms. The molecule has 124 valence electrons. The van der Waals surface area contributed by atoms with E-state index in [1.165, 1.54) is 0 Å². The Kier molecular flexibility index (Phi) is 6.03. The fourth-order valence-electron chi connectivity index (χ4n) is 2.17. The lowest BCUT2D eigenvalue weighted by Gasteiger charge is -2.04. The zero-order valence-corrected chi connectivity index (χ0v) is 16.2. The largest absolute Gasteiger partial charge is 0.306 e. The van der Waals surface area contributed by atoms with Gasteiger partial charge in [0.05, 0.1) is 19.9 Å². The van der Waals surface area contributed by atoms with Crippen LogP contribution >= 0.6 is 57.7 Å². The maximum absolute atomic E-state index is 6.24. The van der Waals surface area contributed by atoms with E-state index in [1.807, 2.05) is 30.5 Å². The molecule has 0 spiro atoms. The van der Waals surface area contributed by atoms with Gasteiger partial charge in [0.25, 0.3) is 0 Å². The van der Waals surface area contributed by atoms with Crippen LogP contribution in [-0.4, -0.2) is 4.98 Å². The van der Waals surface area contributed by atoms with Crippen molar-refractivity contribution in [1.82, 2.24) is 10.3 Å². The Balaban J connectivity index is 1.63. The average Bonchev–Trinajstić information content (AvgIpc) is 2.99. The van der Waals surface area contributed by atoms with Crippen LogP contribution in [0.25, 0.3) is 10.4 Å². The summed E-state index contributed by atoms with van der Waals surface area (Å²) in [7, 11) is 0. The van der Waals surface area contributed by atoms with Crippen molar-refractivity contribution in [2.45, 2.75) is 13.1 Å². The smallest absolute Gasteiger partial charge is 0.107 e. The van der Waals surface area contributed by atoms with Gasteiger partial charge < -0.3 is 5.32 Å². The molecule has 0 unspecified atom stereocenters. The van der Waals surface area contributed by atoms with Crippen LogP contribution in [0.2, 0.25) is 20.1 Å². The van der Waals surface area contributed by atoms with Crippen molar-refractivity contribution in [2.24, 2.45) is 0 Å². The van der Waals surface area contributed by atoms with Crippen molar-refractivity contribution in [3.05, 3.63) is 73.3 Å². The minimum Gasteiger partial charge on any atom is -0.306 e. The molecule has 0 saturated heterocycles. The van der Waals surface area contributed by atoms with Gasteiger partial charge in [0.2, 0.25) is 0 Å². The van der Waals surface area contributed by atoms with Crippen molar-refractivity contribution in [3.8, 4) is 10.4 Å². The molecule has 3 rings (SSSR count). The van der Waals surface area contributed by atoms with Crippen molar-refractivity contribution in [2.75, 3.05) is 0 Å². The molecule has 0 radical (unpaired) electrons. The van der Waals surface area contributed by atoms with Gasteiger partial charge in [-0.2, -0.15) is 0 Å². The van der Waals surface area contributed by atoms with Gasteiger partial charge in [-0.05, 0) is 29.8 Å². The van der Waals surface area contributed by atoms with Crippen LogP contribution in [-0.2, 0) is 13.1 Å². The third kappa shape index (κ3) is 4.42. The predicted octanol–water partition coefficient (Wildman–Crippen LogP) is 6.71. The van der Waals surface area contributed by atoms with Crippen molar-refractivity contribution < 1.29 is 0 Å². The topological polar surface area (TPSA) is 24.9 Å². The maximum atomic E-state index is 6.24. The molecular weight excluding hydrogens is 406 g/mol. The third-order valence-electron chi connectivity index (χ3n) is 3.34. The van der Waals surface area contributed by atoms with Gasteiger partial charge in [0.15, 0.2) is 0 Å². The van der Waals surface area contributed by atoms with E-state index >= 15 is 0 Å². The summed E-state index contributed by atoms with van der Waals surface area (Å²) in [6.45, 7) is 1.35. The molecule has 2 aromatic carbocycles. The van der Waals surface area contributed by atoms with E-state index in [0.29, 0.717) is 33.2 Å². The number of benzene rings is 2. The molecule has 1 N–H and O–H groups in total. The van der Waals surface area contributed by atoms with E-state index in [9.17, 15) is 0 Å². The highest BCUT2D eigenvalue weighted by Gasteiger charge is 2.09. The lowest BCUT2D eigenvalue weighted by Crippen LogP contribution is -2.12. The lowest BCUT2D eigenvalue weighted by molar-refractivity contribution is 0.690. The van der Waals surface area contributed by atoms with E-state index < -0.39 is 0 Å². The monoisotopic (exact) mass is 416 g/mol. The fraction of sp³-hybridized carbons (Fsp3) is 0.118. The van der Waals surface area contributed by atoms with Gasteiger partial charge in [-0.25, -0.2) is 4.98 Å². The molecule has 0 bridgehead atoms. The van der Waals surface area contributed by atoms with Gasteiger partial charge in [-0.3, -0.25) is 0 Å². The van der Waals surface area contributed by atoms with Gasteiger partial charge in [-0.15, -0.1) is 11.3 Å². The second-order valence-electron chi connectivity index (χ2n) is 5.09. The summed E-state index contributed by atoms with van der Waals surface area (Å²) in [6.07, 6.45) is 1.83. The van der Waals surface area contributed by atoms with Crippen LogP contribution in [0.5, 0.6) is 0 Å². The SMILES string of the molecule is Clc1ccc(-c2cnc(CNCc3ccc(Cl)c(Cl)c3)s2)c(Cl)c1. The Morgan fingerprint density at radius 2 is 1.71 bits per heavy atom. The molecule has 0 fully saturated rings. The van der Waals surface area contributed by atoms with Crippen LogP contribution in [0, 0.1) is 0 Å². The Hall–Kier alpha value is -0.810. The minimum absolute atomic E-state index is 0.560. The van der Waals surface area contributed by atoms with Crippen molar-refractivity contribution >= 4 is 57.7 Å². The molecule has 0 aliphatic heterocycles. The highest BCUT2D eigenvalue weighted by molar-refractivity contribution is 7.15. The summed E-state index contributed by atoms with van der Waals surface area (Å²) < 4.78 is 0. The summed E-state index contributed by atoms with van der Waals surface area (Å²) in [4.78, 5) is 5.45. The Labute approximate surface area is 164 Å². The normalized spacial score (nSPS) is 11.0. The van der Waals surface area contributed by atoms with Gasteiger partial charge >= 0.3 is 0 Å². The quantitative estimate of drug-likeness (QED) is 0.498. The van der Waals surface area contributed by atoms with Crippen molar-refractivity contribution in [3.63, 3.8) is 0 Å². The summed E-state index contributed by atoms with van der Waals surface area (Å²) in [5, 5.41) is 6.70. The Morgan fingerprint density at radius 3 is 2.46 bits per heavy atom. The molecule has 0 saturated carbocycles. The second kappa shape index (κ2) is 8.05. The van der Waals surface area contributed by atoms with Gasteiger partial charge in [-0.1, -0.05) is 58.5 Å². The predicted molar refractivity (Wildman–Crippen MR) is 105 cm³/mol. The van der Waals surface area contributed by atoms with Crippen LogP contribution in [0.3, 0.4) is 0 Å². The van der Waals surface area contributed by atoms with E-state index in [4.69, 9.17) is 46.4 Å². The van der Waals surface area contributed by atoms with E-state index in [0.717, 1.165) is 21.0 Å². The molecule has 0 atom stereocenters. The van der Waals surface area contributed by atoms with E-state index in [-0.39, 0.29) is 0 Å². The van der Waals surface area contributed by atoms with Gasteiger partial charge in [0.1, 0.15) is 5.01 Å². The Bertz CT molecular complexity index is 864. The summed E-state index contributed by atoms with van der Waals surface area (Å²) >= 11 is 25.7. The number of rotatable bonds is 5. The summed E-state index contributed by atoms with van der Waals surface area (Å²) in [6, 6.07) is 11.1. The van der Waals surface area contributed by atoms with Gasteiger partial charge in [0, 0.05) is 29.9 Å². The molecule has 1 aromatic heterocycles. The lowest BCUT2D eigenvalue weighted by atomic mass is 10.2. The summed E-state index contributed by atoms with van der Waals surface area (Å²) in [5.74, 6) is 0. The van der Waals surface area contributed by atoms with Crippen LogP contribution in [0.4, 0.5) is 0 Å². The first-order valence-electron chi connectivity index (χ1n) is 7.07. The second-order valence-corrected chi connectivity index (χ2v) is 7.87.